The van der Waals surface area contributed by atoms with E-state index >= 15 is 0 Å². The Labute approximate surface area is 80.3 Å². The molecular weight excluding hydrogens is 164 g/mol. The van der Waals surface area contributed by atoms with Crippen molar-refractivity contribution in [2.24, 2.45) is 0 Å². The summed E-state index contributed by atoms with van der Waals surface area (Å²) in [5.74, 6) is 0.189. The van der Waals surface area contributed by atoms with Gasteiger partial charge in [0.1, 0.15) is 0 Å². The van der Waals surface area contributed by atoms with Crippen LogP contribution in [0.5, 0.6) is 0 Å². The summed E-state index contributed by atoms with van der Waals surface area (Å²) in [7, 11) is 0. The summed E-state index contributed by atoms with van der Waals surface area (Å²) in [6.45, 7) is 5.80. The van der Waals surface area contributed by atoms with Crippen molar-refractivity contribution in [3.63, 3.8) is 0 Å². The van der Waals surface area contributed by atoms with Gasteiger partial charge in [-0.3, -0.25) is 4.79 Å². The van der Waals surface area contributed by atoms with Crippen LogP contribution in [0.1, 0.15) is 39.5 Å². The Balaban J connectivity index is 2.60. The summed E-state index contributed by atoms with van der Waals surface area (Å²) in [5, 5.41) is 6.26. The molecule has 76 valence electrons. The van der Waals surface area contributed by atoms with Gasteiger partial charge in [-0.1, -0.05) is 13.3 Å². The molecule has 2 N–H and O–H groups in total. The molecule has 0 aliphatic carbocycles. The highest BCUT2D eigenvalue weighted by atomic mass is 16.2. The molecule has 1 fully saturated rings. The van der Waals surface area contributed by atoms with Gasteiger partial charge in [-0.25, -0.2) is 0 Å². The van der Waals surface area contributed by atoms with E-state index in [9.17, 15) is 4.79 Å². The second-order valence-electron chi connectivity index (χ2n) is 3.72. The van der Waals surface area contributed by atoms with Gasteiger partial charge >= 0.3 is 0 Å². The average molecular weight is 184 g/mol. The standard InChI is InChI=1S/C10H20N2O/c1-3-6-10(7-5-8-12-10)9(13)11-4-2/h12H,3-8H2,1-2H3,(H,11,13). The molecule has 13 heavy (non-hydrogen) atoms. The van der Waals surface area contributed by atoms with Crippen LogP contribution < -0.4 is 10.6 Å². The van der Waals surface area contributed by atoms with E-state index < -0.39 is 0 Å². The van der Waals surface area contributed by atoms with Crippen molar-refractivity contribution in [2.45, 2.75) is 45.1 Å². The Morgan fingerprint density at radius 3 is 2.77 bits per heavy atom. The minimum Gasteiger partial charge on any atom is -0.355 e. The van der Waals surface area contributed by atoms with Crippen LogP contribution in [0.25, 0.3) is 0 Å². The molecule has 1 unspecified atom stereocenters. The molecule has 1 rings (SSSR count). The quantitative estimate of drug-likeness (QED) is 0.685. The first-order valence-corrected chi connectivity index (χ1v) is 5.28. The molecule has 3 nitrogen and oxygen atoms in total. The van der Waals surface area contributed by atoms with Crippen molar-refractivity contribution in [3.8, 4) is 0 Å². The third kappa shape index (κ3) is 2.21. The number of hydrogen-bond donors (Lipinski definition) is 2. The maximum atomic E-state index is 11.8. The Bertz CT molecular complexity index is 174. The molecular formula is C10H20N2O. The number of carbonyl (C=O) groups excluding carboxylic acids is 1. The normalized spacial score (nSPS) is 27.5. The van der Waals surface area contributed by atoms with Crippen LogP contribution in [0.15, 0.2) is 0 Å². The van der Waals surface area contributed by atoms with Crippen molar-refractivity contribution in [1.82, 2.24) is 10.6 Å². The lowest BCUT2D eigenvalue weighted by atomic mass is 9.91. The summed E-state index contributed by atoms with van der Waals surface area (Å²) in [6, 6.07) is 0. The SMILES string of the molecule is CCCC1(C(=O)NCC)CCCN1. The number of hydrogen-bond acceptors (Lipinski definition) is 2. The maximum absolute atomic E-state index is 11.8. The lowest BCUT2D eigenvalue weighted by Gasteiger charge is -2.27. The molecule has 1 saturated heterocycles. The van der Waals surface area contributed by atoms with E-state index in [1.165, 1.54) is 0 Å². The van der Waals surface area contributed by atoms with Gasteiger partial charge < -0.3 is 10.6 Å². The minimum absolute atomic E-state index is 0.189. The largest absolute Gasteiger partial charge is 0.355 e. The fourth-order valence-corrected chi connectivity index (χ4v) is 2.08. The highest BCUT2D eigenvalue weighted by molar-refractivity contribution is 5.86. The number of amides is 1. The predicted molar refractivity (Wildman–Crippen MR) is 53.6 cm³/mol. The van der Waals surface area contributed by atoms with Crippen LogP contribution in [-0.4, -0.2) is 24.5 Å². The molecule has 0 radical (unpaired) electrons. The highest BCUT2D eigenvalue weighted by Gasteiger charge is 2.39. The predicted octanol–water partition coefficient (Wildman–Crippen LogP) is 1.04. The summed E-state index contributed by atoms with van der Waals surface area (Å²) >= 11 is 0. The van der Waals surface area contributed by atoms with Gasteiger partial charge in [0.05, 0.1) is 5.54 Å². The number of rotatable bonds is 4. The molecule has 0 spiro atoms. The van der Waals surface area contributed by atoms with E-state index in [1.807, 2.05) is 6.92 Å². The zero-order valence-electron chi connectivity index (χ0n) is 8.65. The van der Waals surface area contributed by atoms with Gasteiger partial charge in [0.2, 0.25) is 5.91 Å². The number of carbonyl (C=O) groups is 1. The summed E-state index contributed by atoms with van der Waals surface area (Å²) in [5.41, 5.74) is -0.245. The van der Waals surface area contributed by atoms with Crippen molar-refractivity contribution in [2.75, 3.05) is 13.1 Å². The fourth-order valence-electron chi connectivity index (χ4n) is 2.08. The Morgan fingerprint density at radius 2 is 2.31 bits per heavy atom. The van der Waals surface area contributed by atoms with E-state index in [-0.39, 0.29) is 11.4 Å². The van der Waals surface area contributed by atoms with Gasteiger partial charge in [-0.15, -0.1) is 0 Å². The zero-order valence-corrected chi connectivity index (χ0v) is 8.65. The first-order chi connectivity index (χ1) is 6.25. The smallest absolute Gasteiger partial charge is 0.240 e. The van der Waals surface area contributed by atoms with Gasteiger partial charge in [0.15, 0.2) is 0 Å². The van der Waals surface area contributed by atoms with Crippen LogP contribution in [0.2, 0.25) is 0 Å². The third-order valence-corrected chi connectivity index (χ3v) is 2.69. The van der Waals surface area contributed by atoms with Crippen LogP contribution in [0, 0.1) is 0 Å². The molecule has 1 amide bonds. The Kier molecular flexibility index (Phi) is 3.72. The highest BCUT2D eigenvalue weighted by Crippen LogP contribution is 2.24. The van der Waals surface area contributed by atoms with E-state index in [4.69, 9.17) is 0 Å². The van der Waals surface area contributed by atoms with E-state index in [0.717, 1.165) is 38.8 Å². The fraction of sp³-hybridized carbons (Fsp3) is 0.900. The summed E-state index contributed by atoms with van der Waals surface area (Å²) in [4.78, 5) is 11.8. The minimum atomic E-state index is -0.245. The van der Waals surface area contributed by atoms with Gasteiger partial charge in [0, 0.05) is 6.54 Å². The molecule has 1 aliphatic rings. The molecule has 0 aromatic carbocycles. The average Bonchev–Trinajstić information content (AvgIpc) is 2.55. The zero-order chi connectivity index (χ0) is 9.73. The van der Waals surface area contributed by atoms with Gasteiger partial charge in [0.25, 0.3) is 0 Å². The number of nitrogens with one attached hydrogen (secondary N) is 2. The van der Waals surface area contributed by atoms with Crippen LogP contribution in [0.3, 0.4) is 0 Å². The van der Waals surface area contributed by atoms with Crippen molar-refractivity contribution in [3.05, 3.63) is 0 Å². The van der Waals surface area contributed by atoms with E-state index in [0.29, 0.717) is 0 Å². The van der Waals surface area contributed by atoms with Crippen molar-refractivity contribution in [1.29, 1.82) is 0 Å². The molecule has 0 aromatic rings. The molecule has 0 saturated carbocycles. The maximum Gasteiger partial charge on any atom is 0.240 e. The molecule has 1 aliphatic heterocycles. The topological polar surface area (TPSA) is 41.1 Å². The lowest BCUT2D eigenvalue weighted by molar-refractivity contribution is -0.127. The van der Waals surface area contributed by atoms with E-state index in [2.05, 4.69) is 17.6 Å². The molecule has 1 atom stereocenters. The first kappa shape index (κ1) is 10.5. The summed E-state index contributed by atoms with van der Waals surface area (Å²) < 4.78 is 0. The number of likely N-dealkylation sites (N-methyl/N-ethyl adjacent to an activating group) is 1. The van der Waals surface area contributed by atoms with Gasteiger partial charge in [-0.05, 0) is 32.7 Å². The molecule has 0 aromatic heterocycles. The molecule has 3 heteroatoms. The Hall–Kier alpha value is -0.570. The first-order valence-electron chi connectivity index (χ1n) is 5.28. The summed E-state index contributed by atoms with van der Waals surface area (Å²) in [6.07, 6.45) is 4.13. The van der Waals surface area contributed by atoms with Crippen LogP contribution in [-0.2, 0) is 4.79 Å². The van der Waals surface area contributed by atoms with E-state index in [1.54, 1.807) is 0 Å². The second kappa shape index (κ2) is 4.61. The molecule has 1 heterocycles. The van der Waals surface area contributed by atoms with Gasteiger partial charge in [-0.2, -0.15) is 0 Å². The lowest BCUT2D eigenvalue weighted by Crippen LogP contribution is -2.53. The molecule has 0 bridgehead atoms. The van der Waals surface area contributed by atoms with Crippen molar-refractivity contribution < 1.29 is 4.79 Å². The Morgan fingerprint density at radius 1 is 1.54 bits per heavy atom. The monoisotopic (exact) mass is 184 g/mol. The van der Waals surface area contributed by atoms with Crippen molar-refractivity contribution >= 4 is 5.91 Å². The second-order valence-corrected chi connectivity index (χ2v) is 3.72. The third-order valence-electron chi connectivity index (χ3n) is 2.69. The van der Waals surface area contributed by atoms with Crippen LogP contribution >= 0.6 is 0 Å². The van der Waals surface area contributed by atoms with Crippen LogP contribution in [0.4, 0.5) is 0 Å².